The van der Waals surface area contributed by atoms with Crippen LogP contribution in [0, 0.1) is 5.92 Å². The zero-order valence-corrected chi connectivity index (χ0v) is 12.0. The molecule has 2 saturated carbocycles. The SMILES string of the molecule is CC1CCCCCC1N1CCCC(NC2CC2)C1. The maximum atomic E-state index is 3.85. The Kier molecular flexibility index (Phi) is 4.25. The van der Waals surface area contributed by atoms with Crippen LogP contribution in [0.3, 0.4) is 0 Å². The molecule has 2 nitrogen and oxygen atoms in total. The standard InChI is InChI=1S/C16H30N2/c1-13-6-3-2-4-8-16(13)18-11-5-7-15(12-18)17-14-9-10-14/h13-17H,2-12H2,1H3. The molecule has 0 amide bonds. The second-order valence-corrected chi connectivity index (χ2v) is 6.96. The third-order valence-corrected chi connectivity index (χ3v) is 5.29. The second kappa shape index (κ2) is 5.92. The molecule has 1 saturated heterocycles. The van der Waals surface area contributed by atoms with Crippen molar-refractivity contribution in [1.29, 1.82) is 0 Å². The molecule has 2 heteroatoms. The van der Waals surface area contributed by atoms with Gasteiger partial charge in [0.2, 0.25) is 0 Å². The highest BCUT2D eigenvalue weighted by Crippen LogP contribution is 2.30. The van der Waals surface area contributed by atoms with Crippen LogP contribution in [0.25, 0.3) is 0 Å². The fourth-order valence-corrected chi connectivity index (χ4v) is 4.04. The Morgan fingerprint density at radius 2 is 1.67 bits per heavy atom. The molecule has 0 aromatic carbocycles. The molecular formula is C16H30N2. The van der Waals surface area contributed by atoms with Crippen LogP contribution in [0.5, 0.6) is 0 Å². The summed E-state index contributed by atoms with van der Waals surface area (Å²) in [6.45, 7) is 5.18. The van der Waals surface area contributed by atoms with Gasteiger partial charge in [-0.05, 0) is 51.0 Å². The number of piperidine rings is 1. The lowest BCUT2D eigenvalue weighted by atomic mass is 9.92. The van der Waals surface area contributed by atoms with Gasteiger partial charge in [-0.25, -0.2) is 0 Å². The normalized spacial score (nSPS) is 39.5. The van der Waals surface area contributed by atoms with Crippen molar-refractivity contribution in [2.24, 2.45) is 5.92 Å². The molecule has 104 valence electrons. The summed E-state index contributed by atoms with van der Waals surface area (Å²) in [5.74, 6) is 0.923. The Morgan fingerprint density at radius 3 is 2.50 bits per heavy atom. The molecule has 1 aliphatic heterocycles. The molecule has 3 atom stereocenters. The Morgan fingerprint density at radius 1 is 0.833 bits per heavy atom. The van der Waals surface area contributed by atoms with Crippen LogP contribution >= 0.6 is 0 Å². The molecule has 0 radical (unpaired) electrons. The van der Waals surface area contributed by atoms with Crippen LogP contribution in [-0.4, -0.2) is 36.1 Å². The summed E-state index contributed by atoms with van der Waals surface area (Å²) in [6.07, 6.45) is 13.0. The van der Waals surface area contributed by atoms with Gasteiger partial charge in [0.15, 0.2) is 0 Å². The molecule has 0 spiro atoms. The minimum absolute atomic E-state index is 0.793. The highest BCUT2D eigenvalue weighted by Gasteiger charge is 2.32. The van der Waals surface area contributed by atoms with E-state index in [0.29, 0.717) is 0 Å². The lowest BCUT2D eigenvalue weighted by Gasteiger charge is -2.41. The minimum atomic E-state index is 0.793. The van der Waals surface area contributed by atoms with Crippen molar-refractivity contribution in [2.45, 2.75) is 82.8 Å². The molecule has 1 N–H and O–H groups in total. The summed E-state index contributed by atoms with van der Waals surface area (Å²) in [5, 5.41) is 3.85. The number of hydrogen-bond acceptors (Lipinski definition) is 2. The van der Waals surface area contributed by atoms with Crippen LogP contribution in [0.1, 0.15) is 64.7 Å². The van der Waals surface area contributed by atoms with Gasteiger partial charge in [0, 0.05) is 24.7 Å². The molecule has 3 fully saturated rings. The van der Waals surface area contributed by atoms with E-state index in [0.717, 1.165) is 24.0 Å². The summed E-state index contributed by atoms with van der Waals surface area (Å²) < 4.78 is 0. The van der Waals surface area contributed by atoms with Gasteiger partial charge >= 0.3 is 0 Å². The number of hydrogen-bond donors (Lipinski definition) is 1. The van der Waals surface area contributed by atoms with E-state index in [4.69, 9.17) is 0 Å². The fraction of sp³-hybridized carbons (Fsp3) is 1.00. The molecule has 3 aliphatic rings. The summed E-state index contributed by atoms with van der Waals surface area (Å²) >= 11 is 0. The van der Waals surface area contributed by atoms with Gasteiger partial charge in [-0.15, -0.1) is 0 Å². The fourth-order valence-electron chi connectivity index (χ4n) is 4.04. The van der Waals surface area contributed by atoms with E-state index in [-0.39, 0.29) is 0 Å². The third kappa shape index (κ3) is 3.27. The first kappa shape index (κ1) is 12.9. The van der Waals surface area contributed by atoms with Gasteiger partial charge in [0.05, 0.1) is 0 Å². The van der Waals surface area contributed by atoms with Crippen molar-refractivity contribution in [3.8, 4) is 0 Å². The quantitative estimate of drug-likeness (QED) is 0.774. The van der Waals surface area contributed by atoms with Crippen molar-refractivity contribution in [3.63, 3.8) is 0 Å². The van der Waals surface area contributed by atoms with E-state index >= 15 is 0 Å². The van der Waals surface area contributed by atoms with Gasteiger partial charge in [0.25, 0.3) is 0 Å². The Labute approximate surface area is 113 Å². The average Bonchev–Trinajstić information content (AvgIpc) is 3.18. The van der Waals surface area contributed by atoms with E-state index in [1.54, 1.807) is 0 Å². The smallest absolute Gasteiger partial charge is 0.0198 e. The van der Waals surface area contributed by atoms with Crippen molar-refractivity contribution in [2.75, 3.05) is 13.1 Å². The van der Waals surface area contributed by atoms with Crippen molar-refractivity contribution < 1.29 is 0 Å². The second-order valence-electron chi connectivity index (χ2n) is 6.96. The zero-order chi connectivity index (χ0) is 12.4. The maximum absolute atomic E-state index is 3.85. The van der Waals surface area contributed by atoms with Crippen LogP contribution in [0.4, 0.5) is 0 Å². The van der Waals surface area contributed by atoms with E-state index in [2.05, 4.69) is 17.1 Å². The Balaban J connectivity index is 1.55. The van der Waals surface area contributed by atoms with E-state index in [9.17, 15) is 0 Å². The monoisotopic (exact) mass is 250 g/mol. The summed E-state index contributed by atoms with van der Waals surface area (Å²) in [7, 11) is 0. The Hall–Kier alpha value is -0.0800. The van der Waals surface area contributed by atoms with Gasteiger partial charge in [-0.2, -0.15) is 0 Å². The van der Waals surface area contributed by atoms with Crippen LogP contribution in [0.15, 0.2) is 0 Å². The molecule has 2 aliphatic carbocycles. The van der Waals surface area contributed by atoms with Crippen LogP contribution in [-0.2, 0) is 0 Å². The molecule has 0 aromatic rings. The van der Waals surface area contributed by atoms with Crippen LogP contribution < -0.4 is 5.32 Å². The van der Waals surface area contributed by atoms with E-state index < -0.39 is 0 Å². The lowest BCUT2D eigenvalue weighted by molar-refractivity contribution is 0.0969. The summed E-state index contributed by atoms with van der Waals surface area (Å²) in [4.78, 5) is 2.83. The molecule has 3 unspecified atom stereocenters. The first-order chi connectivity index (χ1) is 8.83. The van der Waals surface area contributed by atoms with Crippen LogP contribution in [0.2, 0.25) is 0 Å². The molecule has 3 rings (SSSR count). The molecule has 0 aromatic heterocycles. The van der Waals surface area contributed by atoms with Gasteiger partial charge in [0.1, 0.15) is 0 Å². The minimum Gasteiger partial charge on any atom is -0.310 e. The van der Waals surface area contributed by atoms with Crippen molar-refractivity contribution in [3.05, 3.63) is 0 Å². The van der Waals surface area contributed by atoms with Crippen molar-refractivity contribution in [1.82, 2.24) is 10.2 Å². The zero-order valence-electron chi connectivity index (χ0n) is 12.0. The van der Waals surface area contributed by atoms with E-state index in [1.807, 2.05) is 0 Å². The molecule has 1 heterocycles. The van der Waals surface area contributed by atoms with Gasteiger partial charge in [-0.1, -0.05) is 26.2 Å². The molecule has 0 bridgehead atoms. The Bertz CT molecular complexity index is 262. The van der Waals surface area contributed by atoms with Gasteiger partial charge in [-0.3, -0.25) is 4.90 Å². The topological polar surface area (TPSA) is 15.3 Å². The first-order valence-electron chi connectivity index (χ1n) is 8.33. The molecule has 18 heavy (non-hydrogen) atoms. The molecular weight excluding hydrogens is 220 g/mol. The number of nitrogens with zero attached hydrogens (tertiary/aromatic N) is 1. The largest absolute Gasteiger partial charge is 0.310 e. The lowest BCUT2D eigenvalue weighted by Crippen LogP contribution is -2.51. The summed E-state index contributed by atoms with van der Waals surface area (Å²) in [6, 6.07) is 2.56. The highest BCUT2D eigenvalue weighted by atomic mass is 15.2. The maximum Gasteiger partial charge on any atom is 0.0198 e. The van der Waals surface area contributed by atoms with Gasteiger partial charge < -0.3 is 5.32 Å². The summed E-state index contributed by atoms with van der Waals surface area (Å²) in [5.41, 5.74) is 0. The number of nitrogens with one attached hydrogen (secondary N) is 1. The predicted molar refractivity (Wildman–Crippen MR) is 76.8 cm³/mol. The average molecular weight is 250 g/mol. The highest BCUT2D eigenvalue weighted by molar-refractivity contribution is 4.90. The predicted octanol–water partition coefficient (Wildman–Crippen LogP) is 3.17. The number of rotatable bonds is 3. The third-order valence-electron chi connectivity index (χ3n) is 5.29. The van der Waals surface area contributed by atoms with E-state index in [1.165, 1.54) is 70.9 Å². The first-order valence-corrected chi connectivity index (χ1v) is 8.33. The number of likely N-dealkylation sites (tertiary alicyclic amines) is 1. The van der Waals surface area contributed by atoms with Crippen molar-refractivity contribution >= 4 is 0 Å².